The zero-order chi connectivity index (χ0) is 59.4. The largest absolute Gasteiger partial charge is 0.480 e. The molecule has 83 heavy (non-hydrogen) atoms. The highest BCUT2D eigenvalue weighted by Crippen LogP contribution is 2.26. The molecule has 0 unspecified atom stereocenters. The summed E-state index contributed by atoms with van der Waals surface area (Å²) in [5, 5.41) is 30.5. The predicted molar refractivity (Wildman–Crippen MR) is 309 cm³/mol. The smallest absolute Gasteiger partial charge is 0.326 e. The number of carboxylic acid groups (broad SMARTS) is 1. The van der Waals surface area contributed by atoms with Crippen LogP contribution in [0.2, 0.25) is 0 Å². The molecular weight excluding hydrogens is 1070 g/mol. The maximum atomic E-state index is 15.2. The highest BCUT2D eigenvalue weighted by molar-refractivity contribution is 5.99. The van der Waals surface area contributed by atoms with Crippen LogP contribution in [-0.2, 0) is 80.2 Å². The molecule has 3 aromatic carbocycles. The molecule has 0 radical (unpaired) electrons. The second-order valence-electron chi connectivity index (χ2n) is 21.5. The van der Waals surface area contributed by atoms with Crippen LogP contribution >= 0.6 is 0 Å². The summed E-state index contributed by atoms with van der Waals surface area (Å²) in [6.07, 6.45) is 2.82. The van der Waals surface area contributed by atoms with E-state index in [0.29, 0.717) is 49.3 Å². The topological polar surface area (TPSA) is 354 Å². The Balaban J connectivity index is 1.28. The van der Waals surface area contributed by atoms with Gasteiger partial charge in [-0.1, -0.05) is 86.5 Å². The first-order valence-corrected chi connectivity index (χ1v) is 28.6. The molecule has 446 valence electrons. The molecule has 0 aliphatic carbocycles. The summed E-state index contributed by atoms with van der Waals surface area (Å²) in [5.41, 5.74) is 15.8. The molecule has 2 saturated heterocycles. The number of guanidine groups is 1. The van der Waals surface area contributed by atoms with Gasteiger partial charge >= 0.3 is 5.97 Å². The lowest BCUT2D eigenvalue weighted by Crippen LogP contribution is -2.62. The van der Waals surface area contributed by atoms with Gasteiger partial charge in [0.2, 0.25) is 47.3 Å². The Morgan fingerprint density at radius 2 is 1.45 bits per heavy atom. The Hall–Kier alpha value is -8.38. The van der Waals surface area contributed by atoms with Gasteiger partial charge in [-0.15, -0.1) is 0 Å². The molecule has 0 bridgehead atoms. The highest BCUT2D eigenvalue weighted by atomic mass is 16.5. The maximum absolute atomic E-state index is 15.2. The molecule has 0 saturated carbocycles. The molecule has 24 nitrogen and oxygen atoms in total. The van der Waals surface area contributed by atoms with E-state index in [1.165, 1.54) is 11.8 Å². The number of fused-ring (bicyclic) bond motifs is 3. The molecule has 3 aliphatic heterocycles. The van der Waals surface area contributed by atoms with Crippen LogP contribution in [0.5, 0.6) is 0 Å². The summed E-state index contributed by atoms with van der Waals surface area (Å²) in [4.78, 5) is 139. The van der Waals surface area contributed by atoms with Gasteiger partial charge in [-0.3, -0.25) is 48.2 Å². The van der Waals surface area contributed by atoms with Crippen molar-refractivity contribution in [3.63, 3.8) is 0 Å². The molecule has 1 aromatic heterocycles. The number of nitrogens with zero attached hydrogens (tertiary/aromatic N) is 3. The van der Waals surface area contributed by atoms with Crippen molar-refractivity contribution in [1.82, 2.24) is 52.0 Å². The molecule has 4 heterocycles. The number of hydrogen-bond donors (Lipinski definition) is 11. The number of aliphatic imine (C=N–C) groups is 1. The molecule has 13 N–H and O–H groups in total. The van der Waals surface area contributed by atoms with Crippen molar-refractivity contribution >= 4 is 70.1 Å². The van der Waals surface area contributed by atoms with Crippen molar-refractivity contribution in [3.05, 3.63) is 107 Å². The standard InChI is InChI=1S/C59H79N13O11/c1-3-4-15-44(65-36(2)73)52(75)70-49-32-51(74)62-23-10-9-17-46(58(81)82)67-55(78)48(30-41-33-64-43-16-8-7-14-42(41)43)68-53(76)45(18-11-24-63-59(60)61)66-54(77)47(29-37-19-21-38(22-20-37)34-71-25-27-83-28-26-71)69-56(79)50-31-39-12-5-6-13-40(39)35-72(50)57(49)80/h5-8,12-14,16,19-22,33,44-50,64H,3-4,9-11,15,17-18,23-32,34-35H2,1-2H3,(H,62,74)(H,65,73)(H,66,77)(H,67,78)(H,68,76)(H,69,79)(H,70,75)(H,81,82)(H4,60,61,63)/t44-,45-,46-,47+,48-,49-,50-/m0/s1. The minimum absolute atomic E-state index is 0.0178. The van der Waals surface area contributed by atoms with Crippen molar-refractivity contribution in [3.8, 4) is 0 Å². The lowest BCUT2D eigenvalue weighted by molar-refractivity contribution is -0.146. The number of carbonyl (C=O) groups excluding carboxylic acids is 8. The Bertz CT molecular complexity index is 2960. The van der Waals surface area contributed by atoms with Gasteiger partial charge < -0.3 is 68.4 Å². The number of aromatic amines is 1. The predicted octanol–water partition coefficient (Wildman–Crippen LogP) is 0.686. The average molecular weight is 1150 g/mol. The van der Waals surface area contributed by atoms with E-state index in [1.807, 2.05) is 61.5 Å². The second-order valence-corrected chi connectivity index (χ2v) is 21.5. The van der Waals surface area contributed by atoms with Crippen molar-refractivity contribution in [2.75, 3.05) is 39.4 Å². The van der Waals surface area contributed by atoms with Gasteiger partial charge in [0.1, 0.15) is 42.3 Å². The molecule has 8 amide bonds. The van der Waals surface area contributed by atoms with Gasteiger partial charge in [0.15, 0.2) is 5.96 Å². The van der Waals surface area contributed by atoms with E-state index in [9.17, 15) is 33.9 Å². The third-order valence-corrected chi connectivity index (χ3v) is 15.2. The Labute approximate surface area is 482 Å². The van der Waals surface area contributed by atoms with E-state index in [2.05, 4.69) is 52.1 Å². The summed E-state index contributed by atoms with van der Waals surface area (Å²) in [5.74, 6) is -7.34. The Morgan fingerprint density at radius 3 is 2.17 bits per heavy atom. The lowest BCUT2D eigenvalue weighted by atomic mass is 9.92. The highest BCUT2D eigenvalue weighted by Gasteiger charge is 2.41. The van der Waals surface area contributed by atoms with Gasteiger partial charge in [0.25, 0.3) is 0 Å². The fourth-order valence-corrected chi connectivity index (χ4v) is 10.6. The fraction of sp³-hybridized carbons (Fsp3) is 0.492. The molecule has 2 fully saturated rings. The Kier molecular flexibility index (Phi) is 22.9. The van der Waals surface area contributed by atoms with Crippen LogP contribution in [0.4, 0.5) is 0 Å². The van der Waals surface area contributed by atoms with Crippen molar-refractivity contribution in [1.29, 1.82) is 0 Å². The van der Waals surface area contributed by atoms with E-state index in [1.54, 1.807) is 24.4 Å². The first kappa shape index (κ1) is 62.2. The number of amides is 8. The van der Waals surface area contributed by atoms with Crippen LogP contribution in [0.1, 0.15) is 99.5 Å². The number of unbranched alkanes of at least 4 members (excludes halogenated alkanes) is 1. The van der Waals surface area contributed by atoms with Crippen molar-refractivity contribution < 1.29 is 53.0 Å². The van der Waals surface area contributed by atoms with E-state index in [-0.39, 0.29) is 83.4 Å². The molecule has 4 aromatic rings. The normalized spacial score (nSPS) is 22.3. The minimum Gasteiger partial charge on any atom is -0.480 e. The number of H-pyrrole nitrogens is 1. The number of benzene rings is 3. The number of nitrogens with one attached hydrogen (secondary N) is 8. The van der Waals surface area contributed by atoms with Crippen LogP contribution in [0.25, 0.3) is 10.9 Å². The van der Waals surface area contributed by atoms with Crippen molar-refractivity contribution in [2.24, 2.45) is 16.5 Å². The number of carboxylic acids is 1. The molecule has 24 heteroatoms. The summed E-state index contributed by atoms with van der Waals surface area (Å²) in [6.45, 7) is 6.53. The molecule has 0 spiro atoms. The zero-order valence-corrected chi connectivity index (χ0v) is 47.2. The summed E-state index contributed by atoms with van der Waals surface area (Å²) >= 11 is 0. The number of nitrogens with two attached hydrogens (primary N) is 2. The van der Waals surface area contributed by atoms with Crippen LogP contribution < -0.4 is 48.7 Å². The minimum atomic E-state index is -1.56. The van der Waals surface area contributed by atoms with E-state index >= 15 is 14.4 Å². The number of aromatic nitrogens is 1. The summed E-state index contributed by atoms with van der Waals surface area (Å²) < 4.78 is 5.53. The first-order valence-electron chi connectivity index (χ1n) is 28.6. The maximum Gasteiger partial charge on any atom is 0.326 e. The lowest BCUT2D eigenvalue weighted by Gasteiger charge is -2.38. The van der Waals surface area contributed by atoms with E-state index in [4.69, 9.17) is 16.2 Å². The van der Waals surface area contributed by atoms with Crippen LogP contribution in [0.15, 0.2) is 84.0 Å². The number of hydrogen-bond acceptors (Lipinski definition) is 12. The molecule has 3 aliphatic rings. The van der Waals surface area contributed by atoms with Crippen LogP contribution in [-0.4, -0.2) is 161 Å². The average Bonchev–Trinajstić information content (AvgIpc) is 4.07. The zero-order valence-electron chi connectivity index (χ0n) is 47.2. The summed E-state index contributed by atoms with van der Waals surface area (Å²) in [7, 11) is 0. The number of morpholine rings is 1. The van der Waals surface area contributed by atoms with Gasteiger partial charge in [-0.2, -0.15) is 0 Å². The van der Waals surface area contributed by atoms with E-state index < -0.39 is 102 Å². The quantitative estimate of drug-likeness (QED) is 0.0394. The van der Waals surface area contributed by atoms with E-state index in [0.717, 1.165) is 35.1 Å². The SMILES string of the molecule is CCCC[C@H](NC(C)=O)C(=O)N[C@H]1CC(=O)NCCCC[C@@H](C(=O)O)NC(=O)[C@H](Cc2c[nH]c3ccccc23)NC(=O)[C@H](CCCN=C(N)N)NC(=O)[C@@H](Cc2ccc(CN3CCOCC3)cc2)NC(=O)[C@@H]2Cc3ccccc3CN2C1=O. The molecule has 7 atom stereocenters. The van der Waals surface area contributed by atoms with Gasteiger partial charge in [-0.25, -0.2) is 4.79 Å². The number of ether oxygens (including phenoxy) is 1. The summed E-state index contributed by atoms with van der Waals surface area (Å²) in [6, 6.07) is 12.6. The molecular formula is C59H79N13O11. The monoisotopic (exact) mass is 1150 g/mol. The van der Waals surface area contributed by atoms with Crippen LogP contribution in [0, 0.1) is 0 Å². The Morgan fingerprint density at radius 1 is 0.783 bits per heavy atom. The third kappa shape index (κ3) is 18.3. The second kappa shape index (κ2) is 30.6. The van der Waals surface area contributed by atoms with Gasteiger partial charge in [0, 0.05) is 82.6 Å². The fourth-order valence-electron chi connectivity index (χ4n) is 10.6. The van der Waals surface area contributed by atoms with Crippen LogP contribution in [0.3, 0.4) is 0 Å². The number of aliphatic carboxylic acids is 1. The first-order chi connectivity index (χ1) is 40.0. The van der Waals surface area contributed by atoms with Crippen molar-refractivity contribution in [2.45, 2.75) is 146 Å². The number of carbonyl (C=O) groups is 9. The van der Waals surface area contributed by atoms with Gasteiger partial charge in [-0.05, 0) is 72.4 Å². The number of para-hydroxylation sites is 1. The third-order valence-electron chi connectivity index (χ3n) is 15.2. The number of rotatable bonds is 17. The molecule has 7 rings (SSSR count). The van der Waals surface area contributed by atoms with Gasteiger partial charge in [0.05, 0.1) is 19.6 Å².